The molecular weight excluding hydrogens is 232 g/mol. The van der Waals surface area contributed by atoms with E-state index in [1.807, 2.05) is 19.9 Å². The summed E-state index contributed by atoms with van der Waals surface area (Å²) in [6.45, 7) is 3.85. The molecule has 0 bridgehead atoms. The Morgan fingerprint density at radius 3 is 2.54 bits per heavy atom. The van der Waals surface area contributed by atoms with Crippen molar-refractivity contribution in [1.29, 1.82) is 0 Å². The van der Waals surface area contributed by atoms with Crippen LogP contribution in [-0.2, 0) is 0 Å². The molecule has 0 aliphatic heterocycles. The molecule has 3 nitrogen and oxygen atoms in total. The van der Waals surface area contributed by atoms with Gasteiger partial charge < -0.3 is 0 Å². The van der Waals surface area contributed by atoms with Gasteiger partial charge in [-0.2, -0.15) is 0 Å². The molecule has 0 atom stereocenters. The number of benzene rings is 1. The Labute approximate surface area is 85.4 Å². The minimum absolute atomic E-state index is 0.266. The van der Waals surface area contributed by atoms with E-state index < -0.39 is 0 Å². The van der Waals surface area contributed by atoms with E-state index in [4.69, 9.17) is 5.84 Å². The number of nitrogens with one attached hydrogen (secondary N) is 1. The SMILES string of the molecule is Cc1cc(C)c(C(=O)NN)cc1Br. The molecule has 0 aliphatic carbocycles. The number of rotatable bonds is 1. The second kappa shape index (κ2) is 3.89. The highest BCUT2D eigenvalue weighted by Gasteiger charge is 2.08. The van der Waals surface area contributed by atoms with Crippen molar-refractivity contribution in [3.05, 3.63) is 33.3 Å². The van der Waals surface area contributed by atoms with Crippen molar-refractivity contribution in [3.8, 4) is 0 Å². The molecule has 0 spiro atoms. The number of hydrogen-bond donors (Lipinski definition) is 2. The topological polar surface area (TPSA) is 55.1 Å². The largest absolute Gasteiger partial charge is 0.290 e. The zero-order valence-corrected chi connectivity index (χ0v) is 9.10. The van der Waals surface area contributed by atoms with Crippen LogP contribution in [0.3, 0.4) is 0 Å². The van der Waals surface area contributed by atoms with E-state index in [0.717, 1.165) is 15.6 Å². The summed E-state index contributed by atoms with van der Waals surface area (Å²) in [4.78, 5) is 11.2. The predicted octanol–water partition coefficient (Wildman–Crippen LogP) is 1.67. The average molecular weight is 243 g/mol. The van der Waals surface area contributed by atoms with Crippen LogP contribution < -0.4 is 11.3 Å². The third-order valence-corrected chi connectivity index (χ3v) is 2.74. The monoisotopic (exact) mass is 242 g/mol. The summed E-state index contributed by atoms with van der Waals surface area (Å²) in [6.07, 6.45) is 0. The van der Waals surface area contributed by atoms with Crippen molar-refractivity contribution in [3.63, 3.8) is 0 Å². The van der Waals surface area contributed by atoms with Gasteiger partial charge >= 0.3 is 0 Å². The smallest absolute Gasteiger partial charge is 0.265 e. The fraction of sp³-hybridized carbons (Fsp3) is 0.222. The summed E-state index contributed by atoms with van der Waals surface area (Å²) in [5, 5.41) is 0. The quantitative estimate of drug-likeness (QED) is 0.448. The van der Waals surface area contributed by atoms with Crippen molar-refractivity contribution >= 4 is 21.8 Å². The highest BCUT2D eigenvalue weighted by atomic mass is 79.9. The number of hydrazine groups is 1. The van der Waals surface area contributed by atoms with Crippen molar-refractivity contribution in [2.75, 3.05) is 0 Å². The van der Waals surface area contributed by atoms with Gasteiger partial charge in [-0.05, 0) is 31.0 Å². The maximum Gasteiger partial charge on any atom is 0.265 e. The first kappa shape index (κ1) is 10.2. The van der Waals surface area contributed by atoms with Gasteiger partial charge in [-0.15, -0.1) is 0 Å². The lowest BCUT2D eigenvalue weighted by Crippen LogP contribution is -2.30. The zero-order valence-electron chi connectivity index (χ0n) is 7.52. The van der Waals surface area contributed by atoms with E-state index in [2.05, 4.69) is 21.4 Å². The van der Waals surface area contributed by atoms with Crippen LogP contribution >= 0.6 is 15.9 Å². The number of halogens is 1. The average Bonchev–Trinajstić information content (AvgIpc) is 2.10. The van der Waals surface area contributed by atoms with Gasteiger partial charge in [-0.1, -0.05) is 22.0 Å². The second-order valence-corrected chi connectivity index (χ2v) is 3.74. The summed E-state index contributed by atoms with van der Waals surface area (Å²) in [5.74, 6) is 4.78. The lowest BCUT2D eigenvalue weighted by Gasteiger charge is -2.06. The Kier molecular flexibility index (Phi) is 3.06. The summed E-state index contributed by atoms with van der Waals surface area (Å²) in [7, 11) is 0. The Morgan fingerprint density at radius 2 is 2.00 bits per heavy atom. The number of aryl methyl sites for hydroxylation is 2. The maximum absolute atomic E-state index is 11.2. The lowest BCUT2D eigenvalue weighted by molar-refractivity contribution is 0.0953. The molecule has 1 rings (SSSR count). The van der Waals surface area contributed by atoms with Crippen LogP contribution in [0.2, 0.25) is 0 Å². The minimum atomic E-state index is -0.266. The third-order valence-electron chi connectivity index (χ3n) is 1.88. The van der Waals surface area contributed by atoms with E-state index in [1.54, 1.807) is 6.07 Å². The first-order chi connectivity index (χ1) is 6.06. The predicted molar refractivity (Wildman–Crippen MR) is 55.3 cm³/mol. The third kappa shape index (κ3) is 2.08. The Morgan fingerprint density at radius 1 is 1.38 bits per heavy atom. The van der Waals surface area contributed by atoms with E-state index in [9.17, 15) is 4.79 Å². The molecule has 4 heteroatoms. The Bertz CT molecular complexity index is 350. The maximum atomic E-state index is 11.2. The van der Waals surface area contributed by atoms with Gasteiger partial charge in [-0.3, -0.25) is 10.2 Å². The van der Waals surface area contributed by atoms with Gasteiger partial charge in [0.05, 0.1) is 0 Å². The van der Waals surface area contributed by atoms with Gasteiger partial charge in [0.2, 0.25) is 0 Å². The highest BCUT2D eigenvalue weighted by molar-refractivity contribution is 9.10. The normalized spacial score (nSPS) is 9.85. The molecule has 3 N–H and O–H groups in total. The van der Waals surface area contributed by atoms with Crippen molar-refractivity contribution in [1.82, 2.24) is 5.43 Å². The molecular formula is C9H11BrN2O. The molecule has 0 saturated heterocycles. The molecule has 0 unspecified atom stereocenters. The van der Waals surface area contributed by atoms with Crippen LogP contribution in [0.5, 0.6) is 0 Å². The summed E-state index contributed by atoms with van der Waals surface area (Å²) < 4.78 is 0.914. The summed E-state index contributed by atoms with van der Waals surface area (Å²) >= 11 is 3.36. The number of carbonyl (C=O) groups excluding carboxylic acids is 1. The minimum Gasteiger partial charge on any atom is -0.290 e. The van der Waals surface area contributed by atoms with Crippen LogP contribution in [0.15, 0.2) is 16.6 Å². The summed E-state index contributed by atoms with van der Waals surface area (Å²) in [5.41, 5.74) is 4.73. The first-order valence-corrected chi connectivity index (χ1v) is 4.63. The first-order valence-electron chi connectivity index (χ1n) is 3.84. The fourth-order valence-corrected chi connectivity index (χ4v) is 1.49. The van der Waals surface area contributed by atoms with Crippen LogP contribution in [0, 0.1) is 13.8 Å². The highest BCUT2D eigenvalue weighted by Crippen LogP contribution is 2.20. The molecule has 0 aromatic heterocycles. The zero-order chi connectivity index (χ0) is 10.0. The number of nitrogens with two attached hydrogens (primary N) is 1. The Hall–Kier alpha value is -0.870. The van der Waals surface area contributed by atoms with Crippen LogP contribution in [-0.4, -0.2) is 5.91 Å². The molecule has 1 aromatic carbocycles. The molecule has 1 amide bonds. The molecule has 70 valence electrons. The standard InChI is InChI=1S/C9H11BrN2O/c1-5-3-6(2)8(10)4-7(5)9(13)12-11/h3-4H,11H2,1-2H3,(H,12,13). The van der Waals surface area contributed by atoms with E-state index in [-0.39, 0.29) is 5.91 Å². The second-order valence-electron chi connectivity index (χ2n) is 2.89. The number of hydrogen-bond acceptors (Lipinski definition) is 2. The molecule has 0 fully saturated rings. The molecule has 13 heavy (non-hydrogen) atoms. The molecule has 0 radical (unpaired) electrons. The van der Waals surface area contributed by atoms with E-state index in [1.165, 1.54) is 0 Å². The van der Waals surface area contributed by atoms with Crippen LogP contribution in [0.25, 0.3) is 0 Å². The van der Waals surface area contributed by atoms with Crippen LogP contribution in [0.4, 0.5) is 0 Å². The van der Waals surface area contributed by atoms with Gasteiger partial charge in [0.1, 0.15) is 0 Å². The van der Waals surface area contributed by atoms with Gasteiger partial charge in [-0.25, -0.2) is 5.84 Å². The lowest BCUT2D eigenvalue weighted by atomic mass is 10.1. The number of carbonyl (C=O) groups is 1. The van der Waals surface area contributed by atoms with Gasteiger partial charge in [0.15, 0.2) is 0 Å². The van der Waals surface area contributed by atoms with Gasteiger partial charge in [0, 0.05) is 10.0 Å². The summed E-state index contributed by atoms with van der Waals surface area (Å²) in [6, 6.07) is 3.71. The van der Waals surface area contributed by atoms with Crippen molar-refractivity contribution in [2.45, 2.75) is 13.8 Å². The van der Waals surface area contributed by atoms with Crippen LogP contribution in [0.1, 0.15) is 21.5 Å². The van der Waals surface area contributed by atoms with Crippen molar-refractivity contribution < 1.29 is 4.79 Å². The van der Waals surface area contributed by atoms with Gasteiger partial charge in [0.25, 0.3) is 5.91 Å². The molecule has 0 saturated carbocycles. The van der Waals surface area contributed by atoms with Crippen molar-refractivity contribution in [2.24, 2.45) is 5.84 Å². The number of amides is 1. The van der Waals surface area contributed by atoms with E-state index >= 15 is 0 Å². The Balaban J connectivity index is 3.23. The number of nitrogen functional groups attached to an aromatic ring is 1. The molecule has 0 heterocycles. The van der Waals surface area contributed by atoms with E-state index in [0.29, 0.717) is 5.56 Å². The molecule has 0 aliphatic rings. The fourth-order valence-electron chi connectivity index (χ4n) is 1.15. The molecule has 1 aromatic rings.